The molecule has 2 aromatic rings. The molecule has 1 aliphatic rings. The zero-order valence-corrected chi connectivity index (χ0v) is 22.5. The van der Waals surface area contributed by atoms with Crippen molar-refractivity contribution in [1.82, 2.24) is 9.55 Å². The van der Waals surface area contributed by atoms with Crippen LogP contribution in [-0.2, 0) is 18.8 Å². The number of aromatic amines is 1. The summed E-state index contributed by atoms with van der Waals surface area (Å²) in [5, 5.41) is 20.9. The van der Waals surface area contributed by atoms with Gasteiger partial charge in [0.1, 0.15) is 29.6 Å². The first kappa shape index (κ1) is 30.6. The molecule has 6 atom stereocenters. The number of benzene rings is 1. The molecule has 0 saturated carbocycles. The number of aliphatic hydroxyl groups is 2. The molecular formula is C24H36N3O9P. The molecule has 5 N–H and O–H groups in total. The van der Waals surface area contributed by atoms with Crippen LogP contribution in [0.1, 0.15) is 40.8 Å². The minimum atomic E-state index is -1.75. The number of hydrogen-bond donors (Lipinski definition) is 4. The highest BCUT2D eigenvalue weighted by molar-refractivity contribution is 7.26. The summed E-state index contributed by atoms with van der Waals surface area (Å²) in [7, 11) is -0.326. The molecule has 13 heteroatoms. The predicted octanol–water partition coefficient (Wildman–Crippen LogP) is 1.07. The molecule has 1 aromatic heterocycles. The largest absolute Gasteiger partial charge is 0.464 e. The summed E-state index contributed by atoms with van der Waals surface area (Å²) >= 11 is 0. The van der Waals surface area contributed by atoms with E-state index in [1.807, 2.05) is 39.0 Å². The highest BCUT2D eigenvalue weighted by atomic mass is 31.1. The van der Waals surface area contributed by atoms with Gasteiger partial charge >= 0.3 is 11.7 Å². The molecular weight excluding hydrogens is 505 g/mol. The van der Waals surface area contributed by atoms with Gasteiger partial charge in [0.2, 0.25) is 9.03 Å². The van der Waals surface area contributed by atoms with Crippen LogP contribution in [0.15, 0.2) is 52.2 Å². The molecule has 1 fully saturated rings. The number of hydrogen-bond acceptors (Lipinski definition) is 10. The summed E-state index contributed by atoms with van der Waals surface area (Å²) < 4.78 is 22.3. The van der Waals surface area contributed by atoms with E-state index in [2.05, 4.69) is 4.98 Å². The Kier molecular flexibility index (Phi) is 11.0. The molecule has 1 aliphatic heterocycles. The molecule has 2 unspecified atom stereocenters. The van der Waals surface area contributed by atoms with Crippen LogP contribution in [0.4, 0.5) is 0 Å². The number of nitrogens with two attached hydrogens (primary N) is 1. The smallest absolute Gasteiger partial charge is 0.330 e. The Morgan fingerprint density at radius 2 is 1.92 bits per heavy atom. The summed E-state index contributed by atoms with van der Waals surface area (Å²) in [6, 6.07) is 9.69. The lowest BCUT2D eigenvalue weighted by atomic mass is 9.96. The molecule has 1 aromatic carbocycles. The molecule has 206 valence electrons. The molecule has 37 heavy (non-hydrogen) atoms. The van der Waals surface area contributed by atoms with Crippen molar-refractivity contribution in [3.63, 3.8) is 0 Å². The lowest BCUT2D eigenvalue weighted by Gasteiger charge is -2.27. The van der Waals surface area contributed by atoms with Gasteiger partial charge in [-0.1, -0.05) is 39.0 Å². The number of H-pyrrole nitrogens is 1. The van der Waals surface area contributed by atoms with Gasteiger partial charge in [-0.3, -0.25) is 19.1 Å². The van der Waals surface area contributed by atoms with Crippen molar-refractivity contribution in [2.75, 3.05) is 13.2 Å². The Morgan fingerprint density at radius 1 is 1.27 bits per heavy atom. The van der Waals surface area contributed by atoms with E-state index in [1.54, 1.807) is 19.1 Å². The summed E-state index contributed by atoms with van der Waals surface area (Å²) in [6.07, 6.45) is -2.14. The van der Waals surface area contributed by atoms with Gasteiger partial charge < -0.3 is 34.5 Å². The van der Waals surface area contributed by atoms with Crippen molar-refractivity contribution in [1.29, 1.82) is 0 Å². The number of ether oxygens (including phenoxy) is 2. The van der Waals surface area contributed by atoms with E-state index < -0.39 is 41.3 Å². The molecule has 0 amide bonds. The first-order chi connectivity index (χ1) is 17.2. The number of carbonyl (C=O) groups excluding carboxylic acids is 1. The molecule has 12 nitrogen and oxygen atoms in total. The first-order valence-electron chi connectivity index (χ1n) is 11.6. The first-order valence-corrected chi connectivity index (χ1v) is 12.4. The summed E-state index contributed by atoms with van der Waals surface area (Å²) in [6.45, 7) is 9.35. The normalized spacial score (nSPS) is 24.4. The molecule has 0 radical (unpaired) electrons. The molecule has 3 rings (SSSR count). The maximum Gasteiger partial charge on any atom is 0.330 e. The molecule has 0 aliphatic carbocycles. The quantitative estimate of drug-likeness (QED) is 0.215. The van der Waals surface area contributed by atoms with Gasteiger partial charge in [-0.15, -0.1) is 0 Å². The zero-order chi connectivity index (χ0) is 27.8. The van der Waals surface area contributed by atoms with Gasteiger partial charge in [-0.05, 0) is 31.4 Å². The minimum absolute atomic E-state index is 0.0184. The van der Waals surface area contributed by atoms with Crippen molar-refractivity contribution in [2.24, 2.45) is 11.1 Å². The second-order valence-corrected chi connectivity index (χ2v) is 10.6. The van der Waals surface area contributed by atoms with Crippen molar-refractivity contribution < 1.29 is 33.5 Å². The average Bonchev–Trinajstić information content (AvgIpc) is 3.04. The highest BCUT2D eigenvalue weighted by Gasteiger charge is 2.53. The fourth-order valence-electron chi connectivity index (χ4n) is 3.09. The Balaban J connectivity index is 0.000000371. The van der Waals surface area contributed by atoms with Crippen LogP contribution in [0.25, 0.3) is 0 Å². The SMILES string of the molecule is C[C@@]1(O)C(O)[C@@H](COPOc2ccccc2)O[C@H]1n1ccc(=O)[nH]c1=O.C[C@H](N)C(=O)OCC(C)(C)C. The maximum absolute atomic E-state index is 11.9. The molecule has 1 saturated heterocycles. The Bertz CT molecular complexity index is 1110. The Labute approximate surface area is 216 Å². The van der Waals surface area contributed by atoms with Gasteiger partial charge in [0.15, 0.2) is 6.23 Å². The van der Waals surface area contributed by atoms with Gasteiger partial charge in [0.05, 0.1) is 13.2 Å². The van der Waals surface area contributed by atoms with Crippen molar-refractivity contribution in [3.05, 3.63) is 63.4 Å². The van der Waals surface area contributed by atoms with Crippen LogP contribution in [0, 0.1) is 5.41 Å². The predicted molar refractivity (Wildman–Crippen MR) is 137 cm³/mol. The number of nitrogens with one attached hydrogen (secondary N) is 1. The minimum Gasteiger partial charge on any atom is -0.464 e. The number of rotatable bonds is 8. The number of carbonyl (C=O) groups is 1. The topological polar surface area (TPSA) is 175 Å². The standard InChI is InChI=1S/C16H19N2O7P.C8H17NO2/c1-16(22)13(20)11(9-23-26-25-10-5-3-2-4-6-10)24-14(16)18-8-7-12(19)17-15(18)21;1-6(9)7(10)11-5-8(2,3)4/h2-8,11,13-14,20,22,26H,9H2,1H3,(H,17,19,21);6H,5,9H2,1-4H3/t11-,13?,14-,16-;6-/m10/s1. The van der Waals surface area contributed by atoms with Crippen LogP contribution in [-0.4, -0.2) is 62.8 Å². The van der Waals surface area contributed by atoms with E-state index in [0.717, 1.165) is 10.6 Å². The fourth-order valence-corrected chi connectivity index (χ4v) is 3.61. The number of aromatic nitrogens is 2. The third-order valence-corrected chi connectivity index (χ3v) is 5.69. The monoisotopic (exact) mass is 541 g/mol. The van der Waals surface area contributed by atoms with E-state index in [4.69, 9.17) is 24.3 Å². The summed E-state index contributed by atoms with van der Waals surface area (Å²) in [5.41, 5.74) is 2.25. The maximum atomic E-state index is 11.9. The third kappa shape index (κ3) is 9.33. The molecule has 0 spiro atoms. The van der Waals surface area contributed by atoms with Crippen LogP contribution >= 0.6 is 9.03 Å². The second-order valence-electron chi connectivity index (χ2n) is 9.98. The van der Waals surface area contributed by atoms with Crippen molar-refractivity contribution in [3.8, 4) is 5.75 Å². The average molecular weight is 542 g/mol. The van der Waals surface area contributed by atoms with Crippen LogP contribution < -0.4 is 21.5 Å². The van der Waals surface area contributed by atoms with E-state index in [-0.39, 0.29) is 27.0 Å². The van der Waals surface area contributed by atoms with Crippen LogP contribution in [0.3, 0.4) is 0 Å². The van der Waals surface area contributed by atoms with E-state index >= 15 is 0 Å². The van der Waals surface area contributed by atoms with Gasteiger partial charge in [0, 0.05) is 12.3 Å². The van der Waals surface area contributed by atoms with Crippen LogP contribution in [0.2, 0.25) is 0 Å². The lowest BCUT2D eigenvalue weighted by Crippen LogP contribution is -2.46. The zero-order valence-electron chi connectivity index (χ0n) is 21.5. The Morgan fingerprint density at radius 3 is 2.49 bits per heavy atom. The van der Waals surface area contributed by atoms with E-state index in [0.29, 0.717) is 12.4 Å². The number of para-hydroxylation sites is 1. The lowest BCUT2D eigenvalue weighted by molar-refractivity contribution is -0.147. The van der Waals surface area contributed by atoms with Crippen molar-refractivity contribution in [2.45, 2.75) is 64.7 Å². The summed E-state index contributed by atoms with van der Waals surface area (Å²) in [5.74, 6) is 0.309. The summed E-state index contributed by atoms with van der Waals surface area (Å²) in [4.78, 5) is 36.0. The van der Waals surface area contributed by atoms with E-state index in [9.17, 15) is 24.6 Å². The van der Waals surface area contributed by atoms with E-state index in [1.165, 1.54) is 13.1 Å². The number of aliphatic hydroxyl groups excluding tert-OH is 1. The van der Waals surface area contributed by atoms with Gasteiger partial charge in [0.25, 0.3) is 5.56 Å². The second kappa shape index (κ2) is 13.3. The fraction of sp³-hybridized carbons (Fsp3) is 0.542. The van der Waals surface area contributed by atoms with Gasteiger partial charge in [-0.2, -0.15) is 0 Å². The van der Waals surface area contributed by atoms with Crippen LogP contribution in [0.5, 0.6) is 5.75 Å². The van der Waals surface area contributed by atoms with Gasteiger partial charge in [-0.25, -0.2) is 4.79 Å². The molecule has 0 bridgehead atoms. The highest BCUT2D eigenvalue weighted by Crippen LogP contribution is 2.38. The molecule has 2 heterocycles. The number of esters is 1. The number of nitrogens with zero attached hydrogens (tertiary/aromatic N) is 1. The third-order valence-electron chi connectivity index (χ3n) is 5.09. The Hall–Kier alpha value is -2.60. The van der Waals surface area contributed by atoms with Crippen molar-refractivity contribution >= 4 is 15.0 Å².